The van der Waals surface area contributed by atoms with Gasteiger partial charge >= 0.3 is 0 Å². The van der Waals surface area contributed by atoms with Crippen LogP contribution in [0.15, 0.2) is 59.1 Å². The summed E-state index contributed by atoms with van der Waals surface area (Å²) in [7, 11) is 0. The summed E-state index contributed by atoms with van der Waals surface area (Å²) in [5.41, 5.74) is 7.78. The number of rotatable bonds is 3. The highest BCUT2D eigenvalue weighted by Crippen LogP contribution is 2.26. The number of para-hydroxylation sites is 1. The summed E-state index contributed by atoms with van der Waals surface area (Å²) in [6.45, 7) is 0. The molecule has 0 amide bonds. The average molecular weight is 322 g/mol. The minimum atomic E-state index is -0.336. The molecule has 0 bridgehead atoms. The Kier molecular flexibility index (Phi) is 3.27. The van der Waals surface area contributed by atoms with Crippen LogP contribution in [0.2, 0.25) is 0 Å². The highest BCUT2D eigenvalue weighted by Gasteiger charge is 2.19. The van der Waals surface area contributed by atoms with E-state index in [1.807, 2.05) is 30.3 Å². The summed E-state index contributed by atoms with van der Waals surface area (Å²) in [4.78, 5) is 4.25. The van der Waals surface area contributed by atoms with Gasteiger partial charge in [-0.2, -0.15) is 9.67 Å². The molecule has 0 spiro atoms. The van der Waals surface area contributed by atoms with Crippen molar-refractivity contribution in [2.24, 2.45) is 0 Å². The van der Waals surface area contributed by atoms with Crippen molar-refractivity contribution < 1.29 is 8.91 Å². The lowest BCUT2D eigenvalue weighted by Gasteiger charge is -2.01. The summed E-state index contributed by atoms with van der Waals surface area (Å²) in [5.74, 6) is 0.417. The lowest BCUT2D eigenvalue weighted by molar-refractivity contribution is 0.431. The molecule has 0 fully saturated rings. The van der Waals surface area contributed by atoms with Crippen molar-refractivity contribution in [2.75, 3.05) is 5.73 Å². The van der Waals surface area contributed by atoms with Crippen molar-refractivity contribution in [3.8, 4) is 28.7 Å². The standard InChI is InChI=1S/C16H11FN6O/c17-11-8-6-10(7-9-11)15-19-16(24-21-15)13-14(18)23(22-20-13)12-4-2-1-3-5-12/h1-9H,18H2. The normalized spacial score (nSPS) is 10.9. The van der Waals surface area contributed by atoms with Crippen LogP contribution < -0.4 is 5.73 Å². The minimum Gasteiger partial charge on any atom is -0.382 e. The van der Waals surface area contributed by atoms with E-state index in [4.69, 9.17) is 10.3 Å². The first-order valence-corrected chi connectivity index (χ1v) is 7.09. The molecule has 0 aliphatic carbocycles. The fraction of sp³-hybridized carbons (Fsp3) is 0. The fourth-order valence-corrected chi connectivity index (χ4v) is 2.24. The van der Waals surface area contributed by atoms with Crippen LogP contribution in [0, 0.1) is 5.82 Å². The number of aromatic nitrogens is 5. The van der Waals surface area contributed by atoms with Gasteiger partial charge in [0.2, 0.25) is 5.82 Å². The summed E-state index contributed by atoms with van der Waals surface area (Å²) in [5, 5.41) is 11.9. The summed E-state index contributed by atoms with van der Waals surface area (Å²) < 4.78 is 19.7. The van der Waals surface area contributed by atoms with Crippen LogP contribution in [0.5, 0.6) is 0 Å². The van der Waals surface area contributed by atoms with Gasteiger partial charge in [-0.3, -0.25) is 0 Å². The van der Waals surface area contributed by atoms with Crippen molar-refractivity contribution in [1.82, 2.24) is 25.1 Å². The molecule has 0 aliphatic heterocycles. The van der Waals surface area contributed by atoms with Crippen molar-refractivity contribution in [2.45, 2.75) is 0 Å². The molecule has 2 aromatic carbocycles. The molecule has 0 saturated heterocycles. The van der Waals surface area contributed by atoms with Gasteiger partial charge < -0.3 is 10.3 Å². The Morgan fingerprint density at radius 1 is 1.00 bits per heavy atom. The Balaban J connectivity index is 1.71. The monoisotopic (exact) mass is 322 g/mol. The number of anilines is 1. The molecule has 24 heavy (non-hydrogen) atoms. The summed E-state index contributed by atoms with van der Waals surface area (Å²) in [6.07, 6.45) is 0. The van der Waals surface area contributed by atoms with Crippen LogP contribution in [0.25, 0.3) is 28.7 Å². The van der Waals surface area contributed by atoms with Crippen LogP contribution in [0.3, 0.4) is 0 Å². The molecule has 0 unspecified atom stereocenters. The van der Waals surface area contributed by atoms with E-state index in [9.17, 15) is 4.39 Å². The van der Waals surface area contributed by atoms with Crippen molar-refractivity contribution >= 4 is 5.82 Å². The topological polar surface area (TPSA) is 95.7 Å². The number of hydrogen-bond donors (Lipinski definition) is 1. The lowest BCUT2D eigenvalue weighted by atomic mass is 10.2. The summed E-state index contributed by atoms with van der Waals surface area (Å²) in [6, 6.07) is 15.1. The third kappa shape index (κ3) is 2.39. The Bertz CT molecular complexity index is 977. The van der Waals surface area contributed by atoms with Crippen LogP contribution in [0.4, 0.5) is 10.2 Å². The van der Waals surface area contributed by atoms with E-state index in [-0.39, 0.29) is 17.5 Å². The zero-order valence-electron chi connectivity index (χ0n) is 12.3. The maximum absolute atomic E-state index is 13.0. The molecule has 4 aromatic rings. The molecule has 118 valence electrons. The largest absolute Gasteiger partial charge is 0.382 e. The Morgan fingerprint density at radius 2 is 1.75 bits per heavy atom. The van der Waals surface area contributed by atoms with Gasteiger partial charge in [0.25, 0.3) is 5.89 Å². The van der Waals surface area contributed by atoms with E-state index in [2.05, 4.69) is 20.5 Å². The summed E-state index contributed by atoms with van der Waals surface area (Å²) >= 11 is 0. The minimum absolute atomic E-state index is 0.147. The first kappa shape index (κ1) is 14.1. The van der Waals surface area contributed by atoms with E-state index in [1.54, 1.807) is 12.1 Å². The second-order valence-corrected chi connectivity index (χ2v) is 5.00. The third-order valence-corrected chi connectivity index (χ3v) is 3.44. The predicted molar refractivity (Wildman–Crippen MR) is 84.5 cm³/mol. The van der Waals surface area contributed by atoms with Crippen LogP contribution in [0.1, 0.15) is 0 Å². The van der Waals surface area contributed by atoms with Gasteiger partial charge in [0, 0.05) is 5.56 Å². The van der Waals surface area contributed by atoms with E-state index in [0.717, 1.165) is 5.69 Å². The molecular weight excluding hydrogens is 311 g/mol. The van der Waals surface area contributed by atoms with Gasteiger partial charge in [-0.25, -0.2) is 4.39 Å². The van der Waals surface area contributed by atoms with E-state index >= 15 is 0 Å². The van der Waals surface area contributed by atoms with Gasteiger partial charge in [0.1, 0.15) is 5.82 Å². The van der Waals surface area contributed by atoms with Crippen LogP contribution >= 0.6 is 0 Å². The molecule has 0 aliphatic rings. The molecule has 2 aromatic heterocycles. The average Bonchev–Trinajstić information content (AvgIpc) is 3.23. The van der Waals surface area contributed by atoms with Crippen molar-refractivity contribution in [3.63, 3.8) is 0 Å². The maximum Gasteiger partial charge on any atom is 0.282 e. The second kappa shape index (κ2) is 5.58. The number of halogens is 1. The molecule has 2 heterocycles. The lowest BCUT2D eigenvalue weighted by Crippen LogP contribution is -2.01. The zero-order valence-corrected chi connectivity index (χ0v) is 12.3. The Labute approximate surface area is 135 Å². The van der Waals surface area contributed by atoms with E-state index < -0.39 is 0 Å². The van der Waals surface area contributed by atoms with E-state index in [0.29, 0.717) is 17.1 Å². The molecule has 2 N–H and O–H groups in total. The maximum atomic E-state index is 13.0. The van der Waals surface area contributed by atoms with Gasteiger partial charge in [-0.05, 0) is 36.4 Å². The number of hydrogen-bond acceptors (Lipinski definition) is 6. The fourth-order valence-electron chi connectivity index (χ4n) is 2.24. The molecule has 0 radical (unpaired) electrons. The Morgan fingerprint density at radius 3 is 2.50 bits per heavy atom. The van der Waals surface area contributed by atoms with Gasteiger partial charge in [-0.15, -0.1) is 5.10 Å². The quantitative estimate of drug-likeness (QED) is 0.623. The highest BCUT2D eigenvalue weighted by molar-refractivity contribution is 5.66. The highest BCUT2D eigenvalue weighted by atomic mass is 19.1. The first-order chi connectivity index (χ1) is 11.7. The zero-order chi connectivity index (χ0) is 16.5. The van der Waals surface area contributed by atoms with Gasteiger partial charge in [0.15, 0.2) is 11.5 Å². The third-order valence-electron chi connectivity index (χ3n) is 3.44. The number of nitrogen functional groups attached to an aromatic ring is 1. The predicted octanol–water partition coefficient (Wildman–Crippen LogP) is 2.71. The van der Waals surface area contributed by atoms with Crippen molar-refractivity contribution in [1.29, 1.82) is 0 Å². The van der Waals surface area contributed by atoms with Crippen molar-refractivity contribution in [3.05, 3.63) is 60.4 Å². The number of nitrogens with zero attached hydrogens (tertiary/aromatic N) is 5. The number of nitrogens with two attached hydrogens (primary N) is 1. The molecule has 0 atom stereocenters. The van der Waals surface area contributed by atoms with Gasteiger partial charge in [0.05, 0.1) is 5.69 Å². The SMILES string of the molecule is Nc1c(-c2nc(-c3ccc(F)cc3)no2)nnn1-c1ccccc1. The molecular formula is C16H11FN6O. The van der Waals surface area contributed by atoms with Gasteiger partial charge in [-0.1, -0.05) is 28.6 Å². The van der Waals surface area contributed by atoms with Crippen LogP contribution in [-0.4, -0.2) is 25.1 Å². The molecule has 8 heteroatoms. The first-order valence-electron chi connectivity index (χ1n) is 7.09. The molecule has 4 rings (SSSR count). The smallest absolute Gasteiger partial charge is 0.282 e. The molecule has 0 saturated carbocycles. The molecule has 7 nitrogen and oxygen atoms in total. The van der Waals surface area contributed by atoms with E-state index in [1.165, 1.54) is 16.8 Å². The second-order valence-electron chi connectivity index (χ2n) is 5.00. The number of benzene rings is 2. The van der Waals surface area contributed by atoms with Crippen LogP contribution in [-0.2, 0) is 0 Å². The Hall–Kier alpha value is -3.55.